The molecule has 1 aliphatic rings. The summed E-state index contributed by atoms with van der Waals surface area (Å²) < 4.78 is 1.55. The number of hydrogen-bond acceptors (Lipinski definition) is 6. The molecule has 1 amide bonds. The fourth-order valence-electron chi connectivity index (χ4n) is 2.74. The zero-order valence-electron chi connectivity index (χ0n) is 12.7. The van der Waals surface area contributed by atoms with Crippen molar-refractivity contribution in [3.8, 4) is 0 Å². The number of thioether (sulfide) groups is 1. The second kappa shape index (κ2) is 6.84. The van der Waals surface area contributed by atoms with Crippen LogP contribution in [0.4, 0.5) is 5.69 Å². The smallest absolute Gasteiger partial charge is 0.270 e. The highest BCUT2D eigenvalue weighted by Crippen LogP contribution is 2.32. The second-order valence-corrected chi connectivity index (χ2v) is 7.86. The van der Waals surface area contributed by atoms with E-state index in [0.717, 1.165) is 33.9 Å². The SMILES string of the molecule is CC1CCCCN1C(=O)CSc1nc2ccc([N+](=O)[O-])cc2s1. The normalized spacial score (nSPS) is 18.3. The number of aromatic nitrogens is 1. The molecule has 23 heavy (non-hydrogen) atoms. The number of nitrogens with zero attached hydrogens (tertiary/aromatic N) is 3. The highest BCUT2D eigenvalue weighted by molar-refractivity contribution is 8.01. The molecule has 2 heterocycles. The topological polar surface area (TPSA) is 76.3 Å². The molecule has 1 aromatic heterocycles. The van der Waals surface area contributed by atoms with Crippen molar-refractivity contribution in [2.24, 2.45) is 0 Å². The van der Waals surface area contributed by atoms with Gasteiger partial charge in [0.1, 0.15) is 0 Å². The number of carbonyl (C=O) groups is 1. The van der Waals surface area contributed by atoms with E-state index in [4.69, 9.17) is 0 Å². The predicted molar refractivity (Wildman–Crippen MR) is 92.0 cm³/mol. The molecule has 1 atom stereocenters. The van der Waals surface area contributed by atoms with Gasteiger partial charge < -0.3 is 4.90 Å². The summed E-state index contributed by atoms with van der Waals surface area (Å²) in [5.74, 6) is 0.513. The molecule has 3 rings (SSSR count). The van der Waals surface area contributed by atoms with Gasteiger partial charge in [-0.3, -0.25) is 14.9 Å². The molecule has 1 fully saturated rings. The summed E-state index contributed by atoms with van der Waals surface area (Å²) in [4.78, 5) is 29.1. The quantitative estimate of drug-likeness (QED) is 0.477. The molecule has 1 aliphatic heterocycles. The number of fused-ring (bicyclic) bond motifs is 1. The molecule has 0 spiro atoms. The third-order valence-corrected chi connectivity index (χ3v) is 6.15. The number of likely N-dealkylation sites (tertiary alicyclic amines) is 1. The van der Waals surface area contributed by atoms with Crippen molar-refractivity contribution in [1.29, 1.82) is 0 Å². The van der Waals surface area contributed by atoms with Gasteiger partial charge in [-0.05, 0) is 32.3 Å². The molecule has 1 aromatic carbocycles. The van der Waals surface area contributed by atoms with Crippen molar-refractivity contribution in [2.75, 3.05) is 12.3 Å². The number of piperidine rings is 1. The molecule has 8 heteroatoms. The highest BCUT2D eigenvalue weighted by atomic mass is 32.2. The van der Waals surface area contributed by atoms with Crippen LogP contribution < -0.4 is 0 Å². The number of thiazole rings is 1. The minimum Gasteiger partial charge on any atom is -0.339 e. The van der Waals surface area contributed by atoms with Crippen LogP contribution in [0.5, 0.6) is 0 Å². The van der Waals surface area contributed by atoms with E-state index in [9.17, 15) is 14.9 Å². The number of non-ortho nitro benzene ring substituents is 1. The molecule has 0 saturated carbocycles. The van der Waals surface area contributed by atoms with Crippen LogP contribution in [0.2, 0.25) is 0 Å². The molecule has 0 bridgehead atoms. The third kappa shape index (κ3) is 3.64. The standard InChI is InChI=1S/C15H17N3O3S2/c1-10-4-2-3-7-17(10)14(19)9-22-15-16-12-6-5-11(18(20)21)8-13(12)23-15/h5-6,8,10H,2-4,7,9H2,1H3. The van der Waals surface area contributed by atoms with Gasteiger partial charge in [-0.2, -0.15) is 0 Å². The minimum atomic E-state index is -0.409. The van der Waals surface area contributed by atoms with E-state index in [1.165, 1.54) is 41.7 Å². The number of hydrogen-bond donors (Lipinski definition) is 0. The molecule has 122 valence electrons. The van der Waals surface area contributed by atoms with Crippen molar-refractivity contribution in [3.63, 3.8) is 0 Å². The van der Waals surface area contributed by atoms with Gasteiger partial charge >= 0.3 is 0 Å². The first-order valence-electron chi connectivity index (χ1n) is 7.52. The molecule has 0 aliphatic carbocycles. The Labute approximate surface area is 142 Å². The van der Waals surface area contributed by atoms with Crippen LogP contribution in [0.15, 0.2) is 22.5 Å². The summed E-state index contributed by atoms with van der Waals surface area (Å²) in [6.07, 6.45) is 3.33. The van der Waals surface area contributed by atoms with E-state index in [-0.39, 0.29) is 11.6 Å². The van der Waals surface area contributed by atoms with Crippen LogP contribution in [0, 0.1) is 10.1 Å². The lowest BCUT2D eigenvalue weighted by atomic mass is 10.0. The van der Waals surface area contributed by atoms with Crippen molar-refractivity contribution >= 4 is 44.9 Å². The molecule has 6 nitrogen and oxygen atoms in total. The minimum absolute atomic E-state index is 0.0657. The Morgan fingerprint density at radius 1 is 1.52 bits per heavy atom. The van der Waals surface area contributed by atoms with Gasteiger partial charge in [0.2, 0.25) is 5.91 Å². The van der Waals surface area contributed by atoms with Crippen LogP contribution in [-0.4, -0.2) is 39.1 Å². The Hall–Kier alpha value is -1.67. The van der Waals surface area contributed by atoms with Crippen LogP contribution in [0.3, 0.4) is 0 Å². The maximum absolute atomic E-state index is 12.3. The molecular formula is C15H17N3O3S2. The fraction of sp³-hybridized carbons (Fsp3) is 0.467. The predicted octanol–water partition coefficient (Wildman–Crippen LogP) is 3.70. The van der Waals surface area contributed by atoms with Crippen molar-refractivity contribution in [2.45, 2.75) is 36.6 Å². The first-order valence-corrected chi connectivity index (χ1v) is 9.32. The number of rotatable bonds is 4. The van der Waals surface area contributed by atoms with Crippen molar-refractivity contribution < 1.29 is 9.72 Å². The molecule has 1 saturated heterocycles. The molecule has 0 N–H and O–H groups in total. The van der Waals surface area contributed by atoms with E-state index in [2.05, 4.69) is 11.9 Å². The summed E-state index contributed by atoms with van der Waals surface area (Å²) >= 11 is 2.81. The summed E-state index contributed by atoms with van der Waals surface area (Å²) in [5, 5.41) is 10.8. The average Bonchev–Trinajstić information content (AvgIpc) is 2.95. The summed E-state index contributed by atoms with van der Waals surface area (Å²) in [7, 11) is 0. The van der Waals surface area contributed by atoms with Crippen molar-refractivity contribution in [1.82, 2.24) is 9.88 Å². The maximum Gasteiger partial charge on any atom is 0.270 e. The molecule has 0 radical (unpaired) electrons. The fourth-order valence-corrected chi connectivity index (χ4v) is 4.73. The largest absolute Gasteiger partial charge is 0.339 e. The van der Waals surface area contributed by atoms with Crippen LogP contribution >= 0.6 is 23.1 Å². The van der Waals surface area contributed by atoms with Gasteiger partial charge in [0, 0.05) is 24.7 Å². The van der Waals surface area contributed by atoms with Gasteiger partial charge in [0.05, 0.1) is 20.9 Å². The van der Waals surface area contributed by atoms with E-state index >= 15 is 0 Å². The molecule has 2 aromatic rings. The lowest BCUT2D eigenvalue weighted by molar-refractivity contribution is -0.384. The number of benzene rings is 1. The van der Waals surface area contributed by atoms with Crippen molar-refractivity contribution in [3.05, 3.63) is 28.3 Å². The lowest BCUT2D eigenvalue weighted by Crippen LogP contribution is -2.42. The van der Waals surface area contributed by atoms with Crippen LogP contribution in [-0.2, 0) is 4.79 Å². The monoisotopic (exact) mass is 351 g/mol. The second-order valence-electron chi connectivity index (χ2n) is 5.61. The average molecular weight is 351 g/mol. The van der Waals surface area contributed by atoms with Gasteiger partial charge in [-0.15, -0.1) is 11.3 Å². The maximum atomic E-state index is 12.3. The number of amides is 1. The van der Waals surface area contributed by atoms with Crippen LogP contribution in [0.1, 0.15) is 26.2 Å². The first-order chi connectivity index (χ1) is 11.0. The zero-order chi connectivity index (χ0) is 16.4. The third-order valence-electron chi connectivity index (χ3n) is 4.01. The van der Waals surface area contributed by atoms with Gasteiger partial charge in [-0.1, -0.05) is 11.8 Å². The summed E-state index contributed by atoms with van der Waals surface area (Å²) in [6, 6.07) is 4.96. The van der Waals surface area contributed by atoms with E-state index in [1.807, 2.05) is 4.90 Å². The number of nitro benzene ring substituents is 1. The first kappa shape index (κ1) is 16.2. The van der Waals surface area contributed by atoms with E-state index < -0.39 is 4.92 Å². The Balaban J connectivity index is 1.67. The highest BCUT2D eigenvalue weighted by Gasteiger charge is 2.23. The number of carbonyl (C=O) groups excluding carboxylic acids is 1. The Morgan fingerprint density at radius 2 is 2.35 bits per heavy atom. The zero-order valence-corrected chi connectivity index (χ0v) is 14.4. The van der Waals surface area contributed by atoms with Gasteiger partial charge in [0.25, 0.3) is 5.69 Å². The Kier molecular flexibility index (Phi) is 4.82. The van der Waals surface area contributed by atoms with E-state index in [1.54, 1.807) is 6.07 Å². The Morgan fingerprint density at radius 3 is 3.09 bits per heavy atom. The summed E-state index contributed by atoms with van der Waals surface area (Å²) in [5.41, 5.74) is 0.804. The number of nitro groups is 1. The summed E-state index contributed by atoms with van der Waals surface area (Å²) in [6.45, 7) is 2.94. The lowest BCUT2D eigenvalue weighted by Gasteiger charge is -2.33. The van der Waals surface area contributed by atoms with Gasteiger partial charge in [-0.25, -0.2) is 4.98 Å². The van der Waals surface area contributed by atoms with Crippen LogP contribution in [0.25, 0.3) is 10.2 Å². The molecular weight excluding hydrogens is 334 g/mol. The van der Waals surface area contributed by atoms with E-state index in [0.29, 0.717) is 11.8 Å². The Bertz CT molecular complexity index is 747. The van der Waals surface area contributed by atoms with Gasteiger partial charge in [0.15, 0.2) is 4.34 Å². The molecule has 1 unspecified atom stereocenters.